The average Bonchev–Trinajstić information content (AvgIpc) is 2.54. The van der Waals surface area contributed by atoms with Gasteiger partial charge in [0.25, 0.3) is 0 Å². The van der Waals surface area contributed by atoms with Gasteiger partial charge in [-0.15, -0.1) is 0 Å². The molecule has 0 unspecified atom stereocenters. The molecule has 0 fully saturated rings. The Labute approximate surface area is 128 Å². The summed E-state index contributed by atoms with van der Waals surface area (Å²) in [5.41, 5.74) is 7.87. The molecule has 0 aliphatic heterocycles. The summed E-state index contributed by atoms with van der Waals surface area (Å²) >= 11 is 0. The lowest BCUT2D eigenvalue weighted by Gasteiger charge is -2.19. The number of hydrogen-bond donors (Lipinski definition) is 1. The molecule has 2 heterocycles. The first-order valence-electron chi connectivity index (χ1n) is 6.89. The van der Waals surface area contributed by atoms with E-state index in [1.165, 1.54) is 5.56 Å². The molecule has 0 spiro atoms. The van der Waals surface area contributed by atoms with Crippen LogP contribution in [0.4, 0.5) is 11.8 Å². The number of fused-ring (bicyclic) bond motifs is 1. The van der Waals surface area contributed by atoms with Gasteiger partial charge >= 0.3 is 0 Å². The number of nitrogens with two attached hydrogens (primary N) is 1. The first kappa shape index (κ1) is 14.1. The van der Waals surface area contributed by atoms with Gasteiger partial charge in [-0.25, -0.2) is 0 Å². The molecular weight excluding hydrogens is 278 g/mol. The standard InChI is InChI=1S/C16H17N5O/c1-21(14-9-15(22-2)20-16(17)19-14)10-11-5-3-7-13-12(11)6-4-8-18-13/h3-9H,10H2,1-2H3,(H2,17,19,20). The molecule has 1 aromatic carbocycles. The van der Waals surface area contributed by atoms with Gasteiger partial charge in [0.1, 0.15) is 5.82 Å². The van der Waals surface area contributed by atoms with E-state index in [1.54, 1.807) is 19.4 Å². The second-order valence-electron chi connectivity index (χ2n) is 4.97. The van der Waals surface area contributed by atoms with E-state index >= 15 is 0 Å². The SMILES string of the molecule is COc1cc(N(C)Cc2cccc3ncccc23)nc(N)n1. The topological polar surface area (TPSA) is 77.2 Å². The molecule has 0 saturated carbocycles. The number of nitrogen functional groups attached to an aromatic ring is 1. The smallest absolute Gasteiger partial charge is 0.225 e. The van der Waals surface area contributed by atoms with Gasteiger partial charge in [0.05, 0.1) is 12.6 Å². The molecule has 0 radical (unpaired) electrons. The highest BCUT2D eigenvalue weighted by atomic mass is 16.5. The van der Waals surface area contributed by atoms with Crippen molar-refractivity contribution in [2.24, 2.45) is 0 Å². The van der Waals surface area contributed by atoms with Crippen molar-refractivity contribution < 1.29 is 4.74 Å². The first-order valence-corrected chi connectivity index (χ1v) is 6.89. The average molecular weight is 295 g/mol. The van der Waals surface area contributed by atoms with E-state index in [-0.39, 0.29) is 5.95 Å². The molecule has 22 heavy (non-hydrogen) atoms. The lowest BCUT2D eigenvalue weighted by molar-refractivity contribution is 0.397. The van der Waals surface area contributed by atoms with Crippen LogP contribution in [0.1, 0.15) is 5.56 Å². The number of ether oxygens (including phenoxy) is 1. The molecular formula is C16H17N5O. The Morgan fingerprint density at radius 2 is 2.05 bits per heavy atom. The van der Waals surface area contributed by atoms with Crippen molar-refractivity contribution in [3.63, 3.8) is 0 Å². The minimum Gasteiger partial charge on any atom is -0.481 e. The second-order valence-corrected chi connectivity index (χ2v) is 4.97. The van der Waals surface area contributed by atoms with Crippen molar-refractivity contribution in [3.05, 3.63) is 48.2 Å². The Morgan fingerprint density at radius 1 is 1.18 bits per heavy atom. The van der Waals surface area contributed by atoms with Gasteiger partial charge in [0.2, 0.25) is 11.8 Å². The Morgan fingerprint density at radius 3 is 2.86 bits per heavy atom. The lowest BCUT2D eigenvalue weighted by atomic mass is 10.1. The molecule has 2 aromatic heterocycles. The second kappa shape index (κ2) is 5.85. The van der Waals surface area contributed by atoms with Crippen molar-refractivity contribution in [3.8, 4) is 5.88 Å². The fraction of sp³-hybridized carbons (Fsp3) is 0.188. The van der Waals surface area contributed by atoms with Crippen molar-refractivity contribution in [2.75, 3.05) is 24.8 Å². The van der Waals surface area contributed by atoms with E-state index < -0.39 is 0 Å². The maximum atomic E-state index is 5.72. The molecule has 0 saturated heterocycles. The van der Waals surface area contributed by atoms with Crippen LogP contribution in [0, 0.1) is 0 Å². The van der Waals surface area contributed by atoms with Gasteiger partial charge in [-0.2, -0.15) is 9.97 Å². The summed E-state index contributed by atoms with van der Waals surface area (Å²) in [7, 11) is 3.51. The van der Waals surface area contributed by atoms with Crippen molar-refractivity contribution in [1.29, 1.82) is 0 Å². The normalized spacial score (nSPS) is 10.6. The molecule has 3 rings (SSSR count). The summed E-state index contributed by atoms with van der Waals surface area (Å²) in [5.74, 6) is 1.36. The van der Waals surface area contributed by atoms with Crippen LogP contribution in [0.2, 0.25) is 0 Å². The number of rotatable bonds is 4. The van der Waals surface area contributed by atoms with Crippen LogP contribution < -0.4 is 15.4 Å². The first-order chi connectivity index (χ1) is 10.7. The van der Waals surface area contributed by atoms with E-state index in [1.807, 2.05) is 30.1 Å². The van der Waals surface area contributed by atoms with E-state index in [0.29, 0.717) is 18.2 Å². The van der Waals surface area contributed by atoms with Crippen LogP contribution in [0.25, 0.3) is 10.9 Å². The summed E-state index contributed by atoms with van der Waals surface area (Å²) in [6, 6.07) is 11.9. The summed E-state index contributed by atoms with van der Waals surface area (Å²) < 4.78 is 5.14. The van der Waals surface area contributed by atoms with Crippen LogP contribution in [0.3, 0.4) is 0 Å². The lowest BCUT2D eigenvalue weighted by Crippen LogP contribution is -2.19. The highest BCUT2D eigenvalue weighted by molar-refractivity contribution is 5.82. The molecule has 6 nitrogen and oxygen atoms in total. The highest BCUT2D eigenvalue weighted by Gasteiger charge is 2.10. The molecule has 0 aliphatic carbocycles. The summed E-state index contributed by atoms with van der Waals surface area (Å²) in [6.07, 6.45) is 1.80. The molecule has 6 heteroatoms. The minimum absolute atomic E-state index is 0.195. The molecule has 0 atom stereocenters. The van der Waals surface area contributed by atoms with Gasteiger partial charge in [0.15, 0.2) is 0 Å². The number of nitrogens with zero attached hydrogens (tertiary/aromatic N) is 4. The number of aromatic nitrogens is 3. The van der Waals surface area contributed by atoms with Gasteiger partial charge in [0, 0.05) is 31.2 Å². The molecule has 0 aliphatic rings. The van der Waals surface area contributed by atoms with Crippen LogP contribution >= 0.6 is 0 Å². The Hall–Kier alpha value is -2.89. The van der Waals surface area contributed by atoms with E-state index in [4.69, 9.17) is 10.5 Å². The number of hydrogen-bond acceptors (Lipinski definition) is 6. The molecule has 2 N–H and O–H groups in total. The number of anilines is 2. The fourth-order valence-electron chi connectivity index (χ4n) is 2.37. The van der Waals surface area contributed by atoms with Crippen LogP contribution in [0.5, 0.6) is 5.88 Å². The largest absolute Gasteiger partial charge is 0.481 e. The zero-order valence-electron chi connectivity index (χ0n) is 12.5. The molecule has 3 aromatic rings. The van der Waals surface area contributed by atoms with E-state index in [2.05, 4.69) is 27.1 Å². The number of benzene rings is 1. The predicted octanol–water partition coefficient (Wildman–Crippen LogP) is 2.25. The van der Waals surface area contributed by atoms with Gasteiger partial charge in [-0.05, 0) is 17.7 Å². The van der Waals surface area contributed by atoms with Crippen LogP contribution in [-0.2, 0) is 6.54 Å². The zero-order valence-corrected chi connectivity index (χ0v) is 12.5. The quantitative estimate of drug-likeness (QED) is 0.795. The monoisotopic (exact) mass is 295 g/mol. The fourth-order valence-corrected chi connectivity index (χ4v) is 2.37. The molecule has 112 valence electrons. The number of methoxy groups -OCH3 is 1. The molecule has 0 amide bonds. The Balaban J connectivity index is 1.93. The minimum atomic E-state index is 0.195. The van der Waals surface area contributed by atoms with Crippen molar-refractivity contribution >= 4 is 22.7 Å². The van der Waals surface area contributed by atoms with Crippen molar-refractivity contribution in [1.82, 2.24) is 15.0 Å². The third kappa shape index (κ3) is 2.76. The number of pyridine rings is 1. The van der Waals surface area contributed by atoms with Gasteiger partial charge in [-0.1, -0.05) is 18.2 Å². The van der Waals surface area contributed by atoms with Crippen LogP contribution in [0.15, 0.2) is 42.6 Å². The summed E-state index contributed by atoms with van der Waals surface area (Å²) in [5, 5.41) is 1.13. The maximum absolute atomic E-state index is 5.72. The van der Waals surface area contributed by atoms with Gasteiger partial charge < -0.3 is 15.4 Å². The summed E-state index contributed by atoms with van der Waals surface area (Å²) in [4.78, 5) is 14.6. The van der Waals surface area contributed by atoms with E-state index in [0.717, 1.165) is 10.9 Å². The zero-order chi connectivity index (χ0) is 15.5. The van der Waals surface area contributed by atoms with Crippen LogP contribution in [-0.4, -0.2) is 29.1 Å². The maximum Gasteiger partial charge on any atom is 0.225 e. The highest BCUT2D eigenvalue weighted by Crippen LogP contribution is 2.22. The predicted molar refractivity (Wildman–Crippen MR) is 86.8 cm³/mol. The third-order valence-corrected chi connectivity index (χ3v) is 3.45. The van der Waals surface area contributed by atoms with Gasteiger partial charge in [-0.3, -0.25) is 4.98 Å². The van der Waals surface area contributed by atoms with E-state index in [9.17, 15) is 0 Å². The Kier molecular flexibility index (Phi) is 3.74. The van der Waals surface area contributed by atoms with Crippen molar-refractivity contribution in [2.45, 2.75) is 6.54 Å². The molecule has 0 bridgehead atoms. The summed E-state index contributed by atoms with van der Waals surface area (Å²) in [6.45, 7) is 0.683. The Bertz CT molecular complexity index is 800. The third-order valence-electron chi connectivity index (χ3n) is 3.45.